The summed E-state index contributed by atoms with van der Waals surface area (Å²) in [4.78, 5) is 11.8. The maximum absolute atomic E-state index is 11.8. The van der Waals surface area contributed by atoms with Crippen LogP contribution in [0.1, 0.15) is 56.1 Å². The molecule has 3 unspecified atom stereocenters. The van der Waals surface area contributed by atoms with Gasteiger partial charge in [-0.05, 0) is 73.1 Å². The van der Waals surface area contributed by atoms with Gasteiger partial charge in [0.1, 0.15) is 17.5 Å². The number of ether oxygens (including phenoxy) is 1. The van der Waals surface area contributed by atoms with Crippen molar-refractivity contribution in [3.05, 3.63) is 29.3 Å². The number of carbonyl (C=O) groups is 1. The number of fused-ring (bicyclic) bond motifs is 7. The van der Waals surface area contributed by atoms with E-state index in [1.165, 1.54) is 11.1 Å². The summed E-state index contributed by atoms with van der Waals surface area (Å²) >= 11 is 0. The molecule has 4 aliphatic rings. The average molecular weight is 328 g/mol. The van der Waals surface area contributed by atoms with Crippen LogP contribution in [0, 0.1) is 17.3 Å². The van der Waals surface area contributed by atoms with Crippen molar-refractivity contribution in [2.45, 2.75) is 63.1 Å². The summed E-state index contributed by atoms with van der Waals surface area (Å²) in [6.45, 7) is 2.18. The van der Waals surface area contributed by atoms with Crippen LogP contribution in [-0.2, 0) is 16.0 Å². The van der Waals surface area contributed by atoms with Crippen molar-refractivity contribution >= 4 is 5.97 Å². The van der Waals surface area contributed by atoms with Gasteiger partial charge in [-0.15, -0.1) is 0 Å². The van der Waals surface area contributed by atoms with Gasteiger partial charge in [-0.25, -0.2) is 0 Å². The molecule has 0 bridgehead atoms. The van der Waals surface area contributed by atoms with Crippen molar-refractivity contribution in [3.8, 4) is 5.75 Å². The summed E-state index contributed by atoms with van der Waals surface area (Å²) in [5, 5.41) is 21.1. The maximum atomic E-state index is 11.8. The first-order valence-corrected chi connectivity index (χ1v) is 9.16. The highest BCUT2D eigenvalue weighted by Crippen LogP contribution is 2.66. The zero-order valence-corrected chi connectivity index (χ0v) is 14.0. The largest absolute Gasteiger partial charge is 0.508 e. The molecule has 0 spiro atoms. The van der Waals surface area contributed by atoms with E-state index < -0.39 is 5.60 Å². The summed E-state index contributed by atoms with van der Waals surface area (Å²) < 4.78 is 5.49. The van der Waals surface area contributed by atoms with Gasteiger partial charge in [0.15, 0.2) is 0 Å². The monoisotopic (exact) mass is 328 g/mol. The van der Waals surface area contributed by atoms with E-state index in [1.807, 2.05) is 6.07 Å². The molecule has 3 aliphatic carbocycles. The molecule has 4 nitrogen and oxygen atoms in total. The zero-order chi connectivity index (χ0) is 16.7. The molecule has 5 rings (SSSR count). The first-order valence-electron chi connectivity index (χ1n) is 9.16. The predicted molar refractivity (Wildman–Crippen MR) is 87.6 cm³/mol. The van der Waals surface area contributed by atoms with Crippen LogP contribution in [-0.4, -0.2) is 27.9 Å². The fourth-order valence-corrected chi connectivity index (χ4v) is 6.54. The Hall–Kier alpha value is -1.55. The first kappa shape index (κ1) is 14.8. The van der Waals surface area contributed by atoms with Crippen molar-refractivity contribution in [2.24, 2.45) is 17.3 Å². The highest BCUT2D eigenvalue weighted by molar-refractivity contribution is 5.74. The smallest absolute Gasteiger partial charge is 0.309 e. The molecule has 6 atom stereocenters. The van der Waals surface area contributed by atoms with Crippen molar-refractivity contribution < 1.29 is 19.7 Å². The molecule has 4 heteroatoms. The van der Waals surface area contributed by atoms with E-state index in [0.717, 1.165) is 32.1 Å². The van der Waals surface area contributed by atoms with E-state index in [0.29, 0.717) is 23.5 Å². The molecule has 1 aliphatic heterocycles. The lowest BCUT2D eigenvalue weighted by Gasteiger charge is -2.52. The molecule has 128 valence electrons. The number of hydrogen-bond acceptors (Lipinski definition) is 4. The van der Waals surface area contributed by atoms with E-state index in [1.54, 1.807) is 6.07 Å². The lowest BCUT2D eigenvalue weighted by atomic mass is 9.53. The summed E-state index contributed by atoms with van der Waals surface area (Å²) in [7, 11) is 0. The normalized spacial score (nSPS) is 45.8. The Morgan fingerprint density at radius 1 is 1.29 bits per heavy atom. The van der Waals surface area contributed by atoms with E-state index >= 15 is 0 Å². The Labute approximate surface area is 141 Å². The van der Waals surface area contributed by atoms with Gasteiger partial charge >= 0.3 is 5.97 Å². The molecular formula is C20H24O4. The second kappa shape index (κ2) is 4.54. The van der Waals surface area contributed by atoms with Crippen LogP contribution in [0.25, 0.3) is 0 Å². The number of esters is 1. The maximum Gasteiger partial charge on any atom is 0.309 e. The first-order chi connectivity index (χ1) is 11.4. The fraction of sp³-hybridized carbons (Fsp3) is 0.650. The van der Waals surface area contributed by atoms with Crippen LogP contribution in [0.15, 0.2) is 18.2 Å². The number of aryl methyl sites for hydroxylation is 1. The summed E-state index contributed by atoms with van der Waals surface area (Å²) in [5.41, 5.74) is 1.46. The van der Waals surface area contributed by atoms with Crippen LogP contribution >= 0.6 is 0 Å². The highest BCUT2D eigenvalue weighted by Gasteiger charge is 2.69. The average Bonchev–Trinajstić information content (AvgIpc) is 2.94. The molecule has 24 heavy (non-hydrogen) atoms. The lowest BCUT2D eigenvalue weighted by molar-refractivity contribution is -0.142. The molecule has 1 saturated heterocycles. The van der Waals surface area contributed by atoms with Gasteiger partial charge in [-0.1, -0.05) is 13.0 Å². The zero-order valence-electron chi connectivity index (χ0n) is 14.0. The third-order valence-corrected chi connectivity index (χ3v) is 7.78. The Morgan fingerprint density at radius 3 is 2.96 bits per heavy atom. The molecule has 3 fully saturated rings. The van der Waals surface area contributed by atoms with E-state index in [-0.39, 0.29) is 23.9 Å². The molecule has 1 heterocycles. The van der Waals surface area contributed by atoms with Gasteiger partial charge in [0.25, 0.3) is 0 Å². The third kappa shape index (κ3) is 1.65. The van der Waals surface area contributed by atoms with Crippen molar-refractivity contribution in [1.82, 2.24) is 0 Å². The van der Waals surface area contributed by atoms with Crippen molar-refractivity contribution in [3.63, 3.8) is 0 Å². The molecule has 0 amide bonds. The predicted octanol–water partition coefficient (Wildman–Crippen LogP) is 2.90. The number of phenols is 1. The highest BCUT2D eigenvalue weighted by atomic mass is 16.6. The number of phenolic OH excluding ortho intramolecular Hbond substituents is 1. The van der Waals surface area contributed by atoms with Crippen LogP contribution < -0.4 is 0 Å². The number of benzene rings is 1. The topological polar surface area (TPSA) is 66.8 Å². The Bertz CT molecular complexity index is 728. The van der Waals surface area contributed by atoms with Crippen molar-refractivity contribution in [1.29, 1.82) is 0 Å². The number of carbonyl (C=O) groups excluding carboxylic acids is 1. The van der Waals surface area contributed by atoms with Crippen LogP contribution in [0.4, 0.5) is 0 Å². The van der Waals surface area contributed by atoms with Crippen LogP contribution in [0.5, 0.6) is 5.75 Å². The Morgan fingerprint density at radius 2 is 2.12 bits per heavy atom. The van der Waals surface area contributed by atoms with Gasteiger partial charge in [-0.3, -0.25) is 4.79 Å². The van der Waals surface area contributed by atoms with E-state index in [4.69, 9.17) is 4.74 Å². The minimum Gasteiger partial charge on any atom is -0.508 e. The summed E-state index contributed by atoms with van der Waals surface area (Å²) in [5.74, 6) is 1.55. The number of rotatable bonds is 0. The molecule has 0 radical (unpaired) electrons. The van der Waals surface area contributed by atoms with Gasteiger partial charge in [0.05, 0.1) is 6.42 Å². The quantitative estimate of drug-likeness (QED) is 0.719. The fourth-order valence-electron chi connectivity index (χ4n) is 6.54. The minimum atomic E-state index is -0.977. The third-order valence-electron chi connectivity index (χ3n) is 7.78. The van der Waals surface area contributed by atoms with E-state index in [2.05, 4.69) is 13.0 Å². The number of aliphatic hydroxyl groups is 1. The SMILES string of the molecule is C[C@]12CCC3c4ccc(O)cc4CCC3C1C[C@H]1OC(=O)C[C@]12O. The second-order valence-corrected chi connectivity index (χ2v) is 8.57. The van der Waals surface area contributed by atoms with Gasteiger partial charge in [0.2, 0.25) is 0 Å². The second-order valence-electron chi connectivity index (χ2n) is 8.57. The van der Waals surface area contributed by atoms with Gasteiger partial charge in [0, 0.05) is 5.41 Å². The van der Waals surface area contributed by atoms with Gasteiger partial charge in [-0.2, -0.15) is 0 Å². The van der Waals surface area contributed by atoms with Crippen LogP contribution in [0.2, 0.25) is 0 Å². The molecular weight excluding hydrogens is 304 g/mol. The molecule has 1 aromatic rings. The van der Waals surface area contributed by atoms with Crippen molar-refractivity contribution in [2.75, 3.05) is 0 Å². The number of aromatic hydroxyl groups is 1. The molecule has 2 N–H and O–H groups in total. The summed E-state index contributed by atoms with van der Waals surface area (Å²) in [6, 6.07) is 5.81. The van der Waals surface area contributed by atoms with E-state index in [9.17, 15) is 15.0 Å². The Balaban J connectivity index is 1.53. The van der Waals surface area contributed by atoms with Crippen LogP contribution in [0.3, 0.4) is 0 Å². The lowest BCUT2D eigenvalue weighted by Crippen LogP contribution is -2.52. The molecule has 0 aromatic heterocycles. The summed E-state index contributed by atoms with van der Waals surface area (Å²) in [6.07, 6.45) is 4.69. The van der Waals surface area contributed by atoms with Gasteiger partial charge < -0.3 is 14.9 Å². The molecule has 2 saturated carbocycles. The standard InChI is InChI=1S/C20H24O4/c1-19-7-6-14-13-5-3-12(21)8-11(13)2-4-15(14)16(19)9-17-20(19,23)10-18(22)24-17/h3,5,8,14-17,21,23H,2,4,6-7,9-10H2,1H3/t14?,15?,16?,17-,19+,20+/m1/s1. The number of hydrogen-bond donors (Lipinski definition) is 2. The Kier molecular flexibility index (Phi) is 2.79. The molecule has 1 aromatic carbocycles. The minimum absolute atomic E-state index is 0.159.